The van der Waals surface area contributed by atoms with Crippen molar-refractivity contribution in [2.24, 2.45) is 16.7 Å². The lowest BCUT2D eigenvalue weighted by Gasteiger charge is -2.43. The molecule has 0 aromatic heterocycles. The van der Waals surface area contributed by atoms with Gasteiger partial charge in [-0.05, 0) is 55.1 Å². The minimum absolute atomic E-state index is 0.0250. The lowest BCUT2D eigenvalue weighted by molar-refractivity contribution is 0.0738. The molecule has 0 radical (unpaired) electrons. The molecule has 2 saturated carbocycles. The van der Waals surface area contributed by atoms with Gasteiger partial charge in [0.2, 0.25) is 0 Å². The van der Waals surface area contributed by atoms with Gasteiger partial charge in [-0.1, -0.05) is 32.4 Å². The van der Waals surface area contributed by atoms with Crippen molar-refractivity contribution < 1.29 is 4.79 Å². The molecule has 1 amide bonds. The van der Waals surface area contributed by atoms with Crippen LogP contribution < -0.4 is 11.1 Å². The summed E-state index contributed by atoms with van der Waals surface area (Å²) in [7, 11) is 0. The second-order valence-corrected chi connectivity index (χ2v) is 7.91. The first-order valence-corrected chi connectivity index (χ1v) is 7.91. The van der Waals surface area contributed by atoms with Crippen molar-refractivity contribution in [3.05, 3.63) is 29.3 Å². The van der Waals surface area contributed by atoms with Gasteiger partial charge in [0.15, 0.2) is 0 Å². The molecule has 1 aromatic rings. The molecule has 1 aromatic carbocycles. The summed E-state index contributed by atoms with van der Waals surface area (Å²) in [4.78, 5) is 12.7. The van der Waals surface area contributed by atoms with Crippen LogP contribution in [0.25, 0.3) is 0 Å². The normalized spacial score (nSPS) is 33.1. The number of rotatable bonds is 2. The number of carbonyl (C=O) groups is 1. The largest absolute Gasteiger partial charge is 0.398 e. The van der Waals surface area contributed by atoms with E-state index >= 15 is 0 Å². The Kier molecular flexibility index (Phi) is 3.09. The van der Waals surface area contributed by atoms with Crippen LogP contribution in [0.3, 0.4) is 0 Å². The number of aryl methyl sites for hydroxylation is 1. The Balaban J connectivity index is 1.86. The van der Waals surface area contributed by atoms with Gasteiger partial charge in [0.25, 0.3) is 5.91 Å². The van der Waals surface area contributed by atoms with E-state index in [1.165, 1.54) is 19.3 Å². The number of carbonyl (C=O) groups excluding carboxylic acids is 1. The molecule has 3 rings (SSSR count). The van der Waals surface area contributed by atoms with E-state index in [0.29, 0.717) is 11.3 Å². The second kappa shape index (κ2) is 4.49. The van der Waals surface area contributed by atoms with Crippen molar-refractivity contribution >= 4 is 11.6 Å². The van der Waals surface area contributed by atoms with Gasteiger partial charge in [-0.3, -0.25) is 4.79 Å². The zero-order valence-electron chi connectivity index (χ0n) is 13.5. The summed E-state index contributed by atoms with van der Waals surface area (Å²) in [6.45, 7) is 8.91. The SMILES string of the molecule is Cc1ccc(N)c(C(=O)NC2C3(C)CCC(C3)C2(C)C)c1. The van der Waals surface area contributed by atoms with Crippen molar-refractivity contribution in [1.29, 1.82) is 0 Å². The monoisotopic (exact) mass is 286 g/mol. The highest BCUT2D eigenvalue weighted by molar-refractivity contribution is 5.99. The first-order valence-electron chi connectivity index (χ1n) is 7.91. The molecule has 3 heteroatoms. The van der Waals surface area contributed by atoms with Crippen molar-refractivity contribution in [3.8, 4) is 0 Å². The molecule has 3 N–H and O–H groups in total. The molecule has 21 heavy (non-hydrogen) atoms. The van der Waals surface area contributed by atoms with Crippen LogP contribution in [0.5, 0.6) is 0 Å². The standard InChI is InChI=1S/C18H26N2O/c1-11-5-6-14(19)13(9-11)15(21)20-16-17(2,3)12-7-8-18(16,4)10-12/h5-6,9,12,16H,7-8,10,19H2,1-4H3,(H,20,21). The molecular formula is C18H26N2O. The molecule has 3 nitrogen and oxygen atoms in total. The molecule has 3 atom stereocenters. The predicted octanol–water partition coefficient (Wildman–Crippen LogP) is 3.52. The first-order chi connectivity index (χ1) is 9.74. The Morgan fingerprint density at radius 2 is 2.05 bits per heavy atom. The second-order valence-electron chi connectivity index (χ2n) is 7.91. The van der Waals surface area contributed by atoms with Crippen LogP contribution in [0.2, 0.25) is 0 Å². The van der Waals surface area contributed by atoms with Gasteiger partial charge in [0, 0.05) is 11.7 Å². The number of anilines is 1. The van der Waals surface area contributed by atoms with E-state index < -0.39 is 0 Å². The maximum absolute atomic E-state index is 12.7. The molecule has 0 spiro atoms. The van der Waals surface area contributed by atoms with Gasteiger partial charge >= 0.3 is 0 Å². The maximum atomic E-state index is 12.7. The molecular weight excluding hydrogens is 260 g/mol. The number of nitrogens with one attached hydrogen (secondary N) is 1. The number of benzene rings is 1. The van der Waals surface area contributed by atoms with Crippen LogP contribution in [0.4, 0.5) is 5.69 Å². The molecule has 2 bridgehead atoms. The van der Waals surface area contributed by atoms with Crippen LogP contribution in [0.15, 0.2) is 18.2 Å². The summed E-state index contributed by atoms with van der Waals surface area (Å²) < 4.78 is 0. The third-order valence-electron chi connectivity index (χ3n) is 6.00. The molecule has 3 unspecified atom stereocenters. The minimum atomic E-state index is -0.0250. The summed E-state index contributed by atoms with van der Waals surface area (Å²) >= 11 is 0. The van der Waals surface area contributed by atoms with Gasteiger partial charge in [0.05, 0.1) is 5.56 Å². The number of amides is 1. The van der Waals surface area contributed by atoms with Crippen molar-refractivity contribution in [1.82, 2.24) is 5.32 Å². The van der Waals surface area contributed by atoms with Crippen molar-refractivity contribution in [3.63, 3.8) is 0 Å². The van der Waals surface area contributed by atoms with E-state index in [1.807, 2.05) is 25.1 Å². The summed E-state index contributed by atoms with van der Waals surface area (Å²) in [5.74, 6) is 0.700. The highest BCUT2D eigenvalue weighted by Crippen LogP contribution is 2.62. The number of nitrogen functional groups attached to an aromatic ring is 1. The van der Waals surface area contributed by atoms with E-state index in [0.717, 1.165) is 11.5 Å². The average Bonchev–Trinajstić information content (AvgIpc) is 2.88. The third kappa shape index (κ3) is 2.14. The van der Waals surface area contributed by atoms with Crippen LogP contribution in [-0.2, 0) is 0 Å². The first kappa shape index (κ1) is 14.4. The van der Waals surface area contributed by atoms with E-state index in [9.17, 15) is 4.79 Å². The van der Waals surface area contributed by atoms with Crippen LogP contribution in [0, 0.1) is 23.7 Å². The number of nitrogens with two attached hydrogens (primary N) is 1. The van der Waals surface area contributed by atoms with Gasteiger partial charge in [0.1, 0.15) is 0 Å². The number of hydrogen-bond donors (Lipinski definition) is 2. The van der Waals surface area contributed by atoms with Crippen LogP contribution in [0.1, 0.15) is 56.0 Å². The molecule has 2 aliphatic rings. The molecule has 0 heterocycles. The zero-order chi connectivity index (χ0) is 15.4. The molecule has 0 saturated heterocycles. The van der Waals surface area contributed by atoms with Gasteiger partial charge in [-0.25, -0.2) is 0 Å². The third-order valence-corrected chi connectivity index (χ3v) is 6.00. The Hall–Kier alpha value is -1.51. The zero-order valence-corrected chi connectivity index (χ0v) is 13.5. The quantitative estimate of drug-likeness (QED) is 0.817. The summed E-state index contributed by atoms with van der Waals surface area (Å²) in [5, 5.41) is 3.31. The van der Waals surface area contributed by atoms with E-state index in [-0.39, 0.29) is 22.8 Å². The Morgan fingerprint density at radius 3 is 2.67 bits per heavy atom. The summed E-state index contributed by atoms with van der Waals surface area (Å²) in [6, 6.07) is 5.87. The fraction of sp³-hybridized carbons (Fsp3) is 0.611. The number of hydrogen-bond acceptors (Lipinski definition) is 2. The Labute approximate surface area is 127 Å². The Bertz CT molecular complexity index is 588. The smallest absolute Gasteiger partial charge is 0.253 e. The van der Waals surface area contributed by atoms with E-state index in [1.54, 1.807) is 0 Å². The summed E-state index contributed by atoms with van der Waals surface area (Å²) in [5.41, 5.74) is 8.62. The molecule has 2 fully saturated rings. The fourth-order valence-electron chi connectivity index (χ4n) is 4.74. The number of fused-ring (bicyclic) bond motifs is 2. The maximum Gasteiger partial charge on any atom is 0.253 e. The minimum Gasteiger partial charge on any atom is -0.398 e. The van der Waals surface area contributed by atoms with Gasteiger partial charge < -0.3 is 11.1 Å². The lowest BCUT2D eigenvalue weighted by Crippen LogP contribution is -2.52. The molecule has 114 valence electrons. The highest BCUT2D eigenvalue weighted by Gasteiger charge is 2.59. The predicted molar refractivity (Wildman–Crippen MR) is 86.1 cm³/mol. The summed E-state index contributed by atoms with van der Waals surface area (Å²) in [6.07, 6.45) is 3.74. The topological polar surface area (TPSA) is 55.1 Å². The van der Waals surface area contributed by atoms with Crippen molar-refractivity contribution in [2.45, 2.75) is 53.0 Å². The van der Waals surface area contributed by atoms with Gasteiger partial charge in [-0.15, -0.1) is 0 Å². The lowest BCUT2D eigenvalue weighted by atomic mass is 9.68. The van der Waals surface area contributed by atoms with Crippen LogP contribution >= 0.6 is 0 Å². The highest BCUT2D eigenvalue weighted by atomic mass is 16.1. The Morgan fingerprint density at radius 1 is 1.33 bits per heavy atom. The van der Waals surface area contributed by atoms with Crippen LogP contribution in [-0.4, -0.2) is 11.9 Å². The average molecular weight is 286 g/mol. The van der Waals surface area contributed by atoms with Gasteiger partial charge in [-0.2, -0.15) is 0 Å². The van der Waals surface area contributed by atoms with E-state index in [4.69, 9.17) is 5.73 Å². The fourth-order valence-corrected chi connectivity index (χ4v) is 4.74. The van der Waals surface area contributed by atoms with Crippen molar-refractivity contribution in [2.75, 3.05) is 5.73 Å². The molecule has 2 aliphatic carbocycles. The molecule has 0 aliphatic heterocycles. The van der Waals surface area contributed by atoms with E-state index in [2.05, 4.69) is 26.1 Å².